The van der Waals surface area contributed by atoms with Crippen LogP contribution < -0.4 is 20.1 Å². The molecule has 204 valence electrons. The second-order valence-electron chi connectivity index (χ2n) is 10.2. The molecule has 0 unspecified atom stereocenters. The molecule has 0 spiro atoms. The zero-order valence-electron chi connectivity index (χ0n) is 22.4. The Morgan fingerprint density at radius 2 is 1.89 bits per heavy atom. The normalized spacial score (nSPS) is 17.4. The van der Waals surface area contributed by atoms with Crippen LogP contribution in [0.15, 0.2) is 12.1 Å². The number of ether oxygens (including phenoxy) is 2. The Labute approximate surface area is 225 Å². The maximum Gasteiger partial charge on any atom is 0.235 e. The van der Waals surface area contributed by atoms with Gasteiger partial charge in [-0.2, -0.15) is 0 Å². The van der Waals surface area contributed by atoms with Gasteiger partial charge in [0.05, 0.1) is 25.8 Å². The van der Waals surface area contributed by atoms with E-state index in [-0.39, 0.29) is 18.3 Å². The van der Waals surface area contributed by atoms with Gasteiger partial charge in [-0.3, -0.25) is 4.79 Å². The molecule has 1 amide bonds. The van der Waals surface area contributed by atoms with Crippen LogP contribution in [0.4, 0.5) is 5.82 Å². The molecule has 10 heteroatoms. The topological polar surface area (TPSA) is 91.9 Å². The summed E-state index contributed by atoms with van der Waals surface area (Å²) >= 11 is 5.66. The molecular formula is C27H41ClN6O3. The predicted octanol–water partition coefficient (Wildman–Crippen LogP) is 3.64. The van der Waals surface area contributed by atoms with Crippen molar-refractivity contribution >= 4 is 34.2 Å². The average Bonchev–Trinajstić information content (AvgIpc) is 3.43. The van der Waals surface area contributed by atoms with Gasteiger partial charge >= 0.3 is 0 Å². The first-order valence-corrected chi connectivity index (χ1v) is 14.1. The zero-order valence-corrected chi connectivity index (χ0v) is 23.1. The van der Waals surface area contributed by atoms with E-state index in [0.717, 1.165) is 55.6 Å². The fourth-order valence-electron chi connectivity index (χ4n) is 5.10. The molecule has 1 aromatic heterocycles. The number of hydrogen-bond acceptors (Lipinski definition) is 8. The summed E-state index contributed by atoms with van der Waals surface area (Å²) in [6.07, 6.45) is 5.62. The van der Waals surface area contributed by atoms with Crippen molar-refractivity contribution in [1.29, 1.82) is 0 Å². The Morgan fingerprint density at radius 3 is 2.57 bits per heavy atom. The number of rotatable bonds is 12. The summed E-state index contributed by atoms with van der Waals surface area (Å²) in [6.45, 7) is 10.8. The Kier molecular flexibility index (Phi) is 10.1. The van der Waals surface area contributed by atoms with Gasteiger partial charge in [0.15, 0.2) is 17.3 Å². The summed E-state index contributed by atoms with van der Waals surface area (Å²) in [6, 6.07) is 4.74. The van der Waals surface area contributed by atoms with Gasteiger partial charge in [-0.25, -0.2) is 9.97 Å². The molecule has 2 aliphatic heterocycles. The number of benzene rings is 1. The fourth-order valence-corrected chi connectivity index (χ4v) is 5.20. The van der Waals surface area contributed by atoms with Crippen LogP contribution in [0.5, 0.6) is 11.5 Å². The molecule has 0 bridgehead atoms. The van der Waals surface area contributed by atoms with Crippen molar-refractivity contribution < 1.29 is 14.3 Å². The Hall–Kier alpha value is -2.36. The number of aromatic nitrogens is 2. The van der Waals surface area contributed by atoms with Crippen LogP contribution in [-0.4, -0.2) is 90.1 Å². The first-order chi connectivity index (χ1) is 18.0. The molecule has 0 aliphatic carbocycles. The molecule has 2 aromatic rings. The Balaban J connectivity index is 1.54. The van der Waals surface area contributed by atoms with Gasteiger partial charge in [0.2, 0.25) is 5.91 Å². The van der Waals surface area contributed by atoms with Crippen molar-refractivity contribution in [3.8, 4) is 11.5 Å². The van der Waals surface area contributed by atoms with Gasteiger partial charge in [0, 0.05) is 43.2 Å². The van der Waals surface area contributed by atoms with Crippen LogP contribution in [0.3, 0.4) is 0 Å². The van der Waals surface area contributed by atoms with Crippen LogP contribution in [0.2, 0.25) is 0 Å². The quantitative estimate of drug-likeness (QED) is 0.316. The molecule has 2 aliphatic rings. The number of nitrogens with zero attached hydrogens (tertiary/aromatic N) is 4. The van der Waals surface area contributed by atoms with Gasteiger partial charge in [0.25, 0.3) is 0 Å². The predicted molar refractivity (Wildman–Crippen MR) is 148 cm³/mol. The van der Waals surface area contributed by atoms with Crippen LogP contribution in [0.25, 0.3) is 10.9 Å². The standard InChI is InChI=1S/C27H41ClN6O3/c1-19(2)34-12-7-20(8-13-34)30-27-21-15-23(36-3)24(37-14-6-11-33-9-4-5-10-33)16-22(21)31-25(32-27)18-29-26(35)17-28/h15-16,19-20H,4-14,17-18H2,1-3H3,(H,29,35)(H,30,31,32). The third kappa shape index (κ3) is 7.58. The van der Waals surface area contributed by atoms with E-state index in [4.69, 9.17) is 31.0 Å². The number of anilines is 1. The number of alkyl halides is 1. The second kappa shape index (κ2) is 13.4. The summed E-state index contributed by atoms with van der Waals surface area (Å²) in [5, 5.41) is 7.31. The number of carbonyl (C=O) groups excluding carboxylic acids is 1. The van der Waals surface area contributed by atoms with E-state index in [2.05, 4.69) is 34.3 Å². The third-order valence-corrected chi connectivity index (χ3v) is 7.51. The lowest BCUT2D eigenvalue weighted by atomic mass is 10.0. The number of halogens is 1. The zero-order chi connectivity index (χ0) is 26.2. The molecule has 2 fully saturated rings. The molecule has 1 aromatic carbocycles. The highest BCUT2D eigenvalue weighted by Gasteiger charge is 2.23. The number of fused-ring (bicyclic) bond motifs is 1. The van der Waals surface area contributed by atoms with Crippen molar-refractivity contribution in [3.63, 3.8) is 0 Å². The van der Waals surface area contributed by atoms with Gasteiger partial charge in [-0.15, -0.1) is 11.6 Å². The number of hydrogen-bond donors (Lipinski definition) is 2. The summed E-state index contributed by atoms with van der Waals surface area (Å²) in [5.74, 6) is 2.26. The van der Waals surface area contributed by atoms with E-state index in [9.17, 15) is 4.79 Å². The van der Waals surface area contributed by atoms with Gasteiger partial charge in [-0.1, -0.05) is 0 Å². The summed E-state index contributed by atoms with van der Waals surface area (Å²) in [4.78, 5) is 26.3. The van der Waals surface area contributed by atoms with Crippen molar-refractivity contribution in [1.82, 2.24) is 25.1 Å². The fraction of sp³-hybridized carbons (Fsp3) is 0.667. The maximum atomic E-state index is 11.8. The summed E-state index contributed by atoms with van der Waals surface area (Å²) in [7, 11) is 1.66. The number of carbonyl (C=O) groups is 1. The van der Waals surface area contributed by atoms with Gasteiger partial charge in [-0.05, 0) is 65.1 Å². The monoisotopic (exact) mass is 532 g/mol. The van der Waals surface area contributed by atoms with Crippen LogP contribution >= 0.6 is 11.6 Å². The van der Waals surface area contributed by atoms with E-state index in [1.165, 1.54) is 25.9 Å². The molecule has 2 N–H and O–H groups in total. The average molecular weight is 533 g/mol. The Bertz CT molecular complexity index is 1040. The smallest absolute Gasteiger partial charge is 0.235 e. The highest BCUT2D eigenvalue weighted by Crippen LogP contribution is 2.35. The number of amides is 1. The lowest BCUT2D eigenvalue weighted by Gasteiger charge is -2.35. The minimum absolute atomic E-state index is 0.0975. The van der Waals surface area contributed by atoms with Crippen molar-refractivity contribution in [2.24, 2.45) is 0 Å². The molecular weight excluding hydrogens is 492 g/mol. The minimum Gasteiger partial charge on any atom is -0.493 e. The molecule has 9 nitrogen and oxygen atoms in total. The van der Waals surface area contributed by atoms with Crippen molar-refractivity contribution in [3.05, 3.63) is 18.0 Å². The first kappa shape index (κ1) is 27.7. The van der Waals surface area contributed by atoms with Crippen molar-refractivity contribution in [2.45, 2.75) is 64.6 Å². The highest BCUT2D eigenvalue weighted by atomic mass is 35.5. The summed E-state index contributed by atoms with van der Waals surface area (Å²) in [5.41, 5.74) is 0.752. The Morgan fingerprint density at radius 1 is 1.14 bits per heavy atom. The third-order valence-electron chi connectivity index (χ3n) is 7.27. The molecule has 4 rings (SSSR count). The van der Waals surface area contributed by atoms with E-state index < -0.39 is 0 Å². The van der Waals surface area contributed by atoms with E-state index >= 15 is 0 Å². The lowest BCUT2D eigenvalue weighted by molar-refractivity contribution is -0.118. The van der Waals surface area contributed by atoms with E-state index in [1.54, 1.807) is 7.11 Å². The van der Waals surface area contributed by atoms with E-state index in [0.29, 0.717) is 36.0 Å². The molecule has 2 saturated heterocycles. The molecule has 3 heterocycles. The second-order valence-corrected chi connectivity index (χ2v) is 10.5. The maximum absolute atomic E-state index is 11.8. The SMILES string of the molecule is COc1cc2c(NC3CCN(C(C)C)CC3)nc(CNC(=O)CCl)nc2cc1OCCCN1CCCC1. The molecule has 0 radical (unpaired) electrons. The summed E-state index contributed by atoms with van der Waals surface area (Å²) < 4.78 is 11.8. The largest absolute Gasteiger partial charge is 0.493 e. The van der Waals surface area contributed by atoms with Crippen LogP contribution in [-0.2, 0) is 11.3 Å². The molecule has 0 atom stereocenters. The number of nitrogens with one attached hydrogen (secondary N) is 2. The number of methoxy groups -OCH3 is 1. The minimum atomic E-state index is -0.252. The van der Waals surface area contributed by atoms with Crippen LogP contribution in [0.1, 0.15) is 51.8 Å². The van der Waals surface area contributed by atoms with Gasteiger partial charge < -0.3 is 29.9 Å². The van der Waals surface area contributed by atoms with Gasteiger partial charge in [0.1, 0.15) is 11.7 Å². The lowest BCUT2D eigenvalue weighted by Crippen LogP contribution is -2.42. The highest BCUT2D eigenvalue weighted by molar-refractivity contribution is 6.27. The first-order valence-electron chi connectivity index (χ1n) is 13.5. The molecule has 37 heavy (non-hydrogen) atoms. The van der Waals surface area contributed by atoms with Crippen molar-refractivity contribution in [2.75, 3.05) is 57.6 Å². The molecule has 0 saturated carbocycles. The number of piperidine rings is 1. The number of likely N-dealkylation sites (tertiary alicyclic amines) is 2. The van der Waals surface area contributed by atoms with E-state index in [1.807, 2.05) is 12.1 Å². The van der Waals surface area contributed by atoms with Crippen LogP contribution in [0, 0.1) is 0 Å².